The van der Waals surface area contributed by atoms with Gasteiger partial charge in [-0.15, -0.1) is 0 Å². The molecule has 26 heavy (non-hydrogen) atoms. The van der Waals surface area contributed by atoms with Gasteiger partial charge in [-0.3, -0.25) is 9.69 Å². The maximum absolute atomic E-state index is 12.6. The molecular formula is C21H28N2O3. The topological polar surface area (TPSA) is 50.8 Å². The highest BCUT2D eigenvalue weighted by atomic mass is 16.5. The van der Waals surface area contributed by atoms with Crippen LogP contribution in [-0.4, -0.2) is 38.1 Å². The van der Waals surface area contributed by atoms with Gasteiger partial charge < -0.3 is 14.8 Å². The maximum atomic E-state index is 12.6. The van der Waals surface area contributed by atoms with Gasteiger partial charge in [0.05, 0.1) is 20.3 Å². The Kier molecular flexibility index (Phi) is 7.04. The van der Waals surface area contributed by atoms with Gasteiger partial charge in [-0.1, -0.05) is 31.2 Å². The van der Waals surface area contributed by atoms with E-state index in [9.17, 15) is 4.79 Å². The Bertz CT molecular complexity index is 729. The van der Waals surface area contributed by atoms with E-state index in [2.05, 4.69) is 36.5 Å². The number of methoxy groups -OCH3 is 2. The molecule has 0 saturated carbocycles. The molecule has 0 spiro atoms. The molecule has 0 aliphatic heterocycles. The molecule has 5 heteroatoms. The van der Waals surface area contributed by atoms with Gasteiger partial charge in [0, 0.05) is 18.3 Å². The number of hydrogen-bond acceptors (Lipinski definition) is 4. The molecule has 0 bridgehead atoms. The van der Waals surface area contributed by atoms with Crippen molar-refractivity contribution < 1.29 is 14.3 Å². The number of hydrogen-bond donors (Lipinski definition) is 1. The lowest BCUT2D eigenvalue weighted by atomic mass is 10.1. The zero-order valence-corrected chi connectivity index (χ0v) is 16.2. The Balaban J connectivity index is 1.99. The molecule has 0 aliphatic rings. The van der Waals surface area contributed by atoms with Gasteiger partial charge in [-0.05, 0) is 43.7 Å². The Morgan fingerprint density at radius 2 is 1.65 bits per heavy atom. The predicted molar refractivity (Wildman–Crippen MR) is 105 cm³/mol. The fourth-order valence-corrected chi connectivity index (χ4v) is 2.67. The summed E-state index contributed by atoms with van der Waals surface area (Å²) in [6.45, 7) is 4.75. The molecule has 0 saturated heterocycles. The van der Waals surface area contributed by atoms with Crippen LogP contribution in [0.2, 0.25) is 0 Å². The van der Waals surface area contributed by atoms with E-state index < -0.39 is 0 Å². The molecule has 1 N–H and O–H groups in total. The van der Waals surface area contributed by atoms with Crippen molar-refractivity contribution in [1.82, 2.24) is 4.90 Å². The number of aryl methyl sites for hydroxylation is 1. The number of benzene rings is 2. The van der Waals surface area contributed by atoms with Gasteiger partial charge in [-0.2, -0.15) is 0 Å². The van der Waals surface area contributed by atoms with E-state index in [0.717, 1.165) is 6.42 Å². The minimum Gasteiger partial charge on any atom is -0.493 e. The third-order valence-corrected chi connectivity index (χ3v) is 4.55. The van der Waals surface area contributed by atoms with Crippen LogP contribution >= 0.6 is 0 Å². The van der Waals surface area contributed by atoms with E-state index in [0.29, 0.717) is 23.7 Å². The molecule has 0 heterocycles. The average molecular weight is 356 g/mol. The summed E-state index contributed by atoms with van der Waals surface area (Å²) in [7, 11) is 5.11. The molecule has 0 radical (unpaired) electrons. The number of carbonyl (C=O) groups excluding carboxylic acids is 1. The Labute approximate surface area is 155 Å². The van der Waals surface area contributed by atoms with Crippen LogP contribution in [0.1, 0.15) is 25.0 Å². The number of ether oxygens (including phenoxy) is 2. The van der Waals surface area contributed by atoms with Crippen LogP contribution in [0.3, 0.4) is 0 Å². The standard InChI is InChI=1S/C21H28N2O3/c1-6-16-7-9-17(10-8-16)14-23(3)15(2)21(24)22-18-11-12-19(25-4)20(13-18)26-5/h7-13,15H,6,14H2,1-5H3,(H,22,24)/t15-/m0/s1. The summed E-state index contributed by atoms with van der Waals surface area (Å²) in [6, 6.07) is 13.6. The van der Waals surface area contributed by atoms with Crippen molar-refractivity contribution >= 4 is 11.6 Å². The van der Waals surface area contributed by atoms with Crippen molar-refractivity contribution in [3.8, 4) is 11.5 Å². The predicted octanol–water partition coefficient (Wildman–Crippen LogP) is 3.73. The lowest BCUT2D eigenvalue weighted by Crippen LogP contribution is -2.39. The molecule has 0 fully saturated rings. The molecule has 1 amide bonds. The van der Waals surface area contributed by atoms with E-state index in [4.69, 9.17) is 9.47 Å². The molecule has 0 aromatic heterocycles. The van der Waals surface area contributed by atoms with Gasteiger partial charge in [-0.25, -0.2) is 0 Å². The van der Waals surface area contributed by atoms with E-state index in [1.54, 1.807) is 32.4 Å². The van der Waals surface area contributed by atoms with Crippen LogP contribution in [0.5, 0.6) is 11.5 Å². The molecular weight excluding hydrogens is 328 g/mol. The van der Waals surface area contributed by atoms with Crippen molar-refractivity contribution in [2.24, 2.45) is 0 Å². The minimum absolute atomic E-state index is 0.0649. The molecule has 2 rings (SSSR count). The number of carbonyl (C=O) groups is 1. The quantitative estimate of drug-likeness (QED) is 0.783. The number of rotatable bonds is 8. The van der Waals surface area contributed by atoms with Crippen molar-refractivity contribution in [2.45, 2.75) is 32.9 Å². The van der Waals surface area contributed by atoms with Crippen LogP contribution in [0, 0.1) is 0 Å². The van der Waals surface area contributed by atoms with Crippen LogP contribution in [0.4, 0.5) is 5.69 Å². The van der Waals surface area contributed by atoms with Crippen LogP contribution in [-0.2, 0) is 17.8 Å². The van der Waals surface area contributed by atoms with Gasteiger partial charge >= 0.3 is 0 Å². The molecule has 140 valence electrons. The zero-order chi connectivity index (χ0) is 19.1. The highest BCUT2D eigenvalue weighted by Gasteiger charge is 2.19. The third-order valence-electron chi connectivity index (χ3n) is 4.55. The normalized spacial score (nSPS) is 11.9. The van der Waals surface area contributed by atoms with Gasteiger partial charge in [0.1, 0.15) is 0 Å². The number of amides is 1. The second-order valence-electron chi connectivity index (χ2n) is 6.32. The third kappa shape index (κ3) is 4.99. The number of likely N-dealkylation sites (N-methyl/N-ethyl adjacent to an activating group) is 1. The molecule has 5 nitrogen and oxygen atoms in total. The number of anilines is 1. The van der Waals surface area contributed by atoms with Crippen molar-refractivity contribution in [1.29, 1.82) is 0 Å². The first-order valence-corrected chi connectivity index (χ1v) is 8.79. The lowest BCUT2D eigenvalue weighted by Gasteiger charge is -2.24. The summed E-state index contributed by atoms with van der Waals surface area (Å²) < 4.78 is 10.5. The zero-order valence-electron chi connectivity index (χ0n) is 16.2. The number of nitrogens with one attached hydrogen (secondary N) is 1. The Hall–Kier alpha value is -2.53. The summed E-state index contributed by atoms with van der Waals surface area (Å²) in [5, 5.41) is 2.94. The highest BCUT2D eigenvalue weighted by molar-refractivity contribution is 5.94. The second-order valence-corrected chi connectivity index (χ2v) is 6.32. The van der Waals surface area contributed by atoms with Crippen molar-refractivity contribution in [2.75, 3.05) is 26.6 Å². The summed E-state index contributed by atoms with van der Waals surface area (Å²) in [5.41, 5.74) is 3.19. The first-order valence-electron chi connectivity index (χ1n) is 8.79. The molecule has 2 aromatic carbocycles. The van der Waals surface area contributed by atoms with Gasteiger partial charge in [0.2, 0.25) is 5.91 Å². The Morgan fingerprint density at radius 1 is 1.04 bits per heavy atom. The first-order chi connectivity index (χ1) is 12.5. The highest BCUT2D eigenvalue weighted by Crippen LogP contribution is 2.29. The minimum atomic E-state index is -0.269. The van der Waals surface area contributed by atoms with Crippen LogP contribution < -0.4 is 14.8 Å². The van der Waals surface area contributed by atoms with E-state index in [-0.39, 0.29) is 11.9 Å². The summed E-state index contributed by atoms with van der Waals surface area (Å²) in [4.78, 5) is 14.6. The average Bonchev–Trinajstić information content (AvgIpc) is 2.67. The van der Waals surface area contributed by atoms with E-state index >= 15 is 0 Å². The maximum Gasteiger partial charge on any atom is 0.241 e. The fraction of sp³-hybridized carbons (Fsp3) is 0.381. The molecule has 2 aromatic rings. The summed E-state index contributed by atoms with van der Waals surface area (Å²) in [5.74, 6) is 1.15. The summed E-state index contributed by atoms with van der Waals surface area (Å²) in [6.07, 6.45) is 1.03. The second kappa shape index (κ2) is 9.25. The van der Waals surface area contributed by atoms with Crippen molar-refractivity contribution in [3.05, 3.63) is 53.6 Å². The molecule has 0 aliphatic carbocycles. The van der Waals surface area contributed by atoms with Gasteiger partial charge in [0.15, 0.2) is 11.5 Å². The fourth-order valence-electron chi connectivity index (χ4n) is 2.67. The summed E-state index contributed by atoms with van der Waals surface area (Å²) >= 11 is 0. The van der Waals surface area contributed by atoms with E-state index in [1.807, 2.05) is 18.9 Å². The molecule has 0 unspecified atom stereocenters. The van der Waals surface area contributed by atoms with Crippen molar-refractivity contribution in [3.63, 3.8) is 0 Å². The Morgan fingerprint density at radius 3 is 2.23 bits per heavy atom. The monoisotopic (exact) mass is 356 g/mol. The SMILES string of the molecule is CCc1ccc(CN(C)[C@@H](C)C(=O)Nc2ccc(OC)c(OC)c2)cc1. The van der Waals surface area contributed by atoms with Gasteiger partial charge in [0.25, 0.3) is 0 Å². The van der Waals surface area contributed by atoms with E-state index in [1.165, 1.54) is 11.1 Å². The molecule has 1 atom stereocenters. The number of nitrogens with zero attached hydrogens (tertiary/aromatic N) is 1. The van der Waals surface area contributed by atoms with Crippen LogP contribution in [0.15, 0.2) is 42.5 Å². The largest absolute Gasteiger partial charge is 0.493 e. The van der Waals surface area contributed by atoms with Crippen LogP contribution in [0.25, 0.3) is 0 Å². The first kappa shape index (κ1) is 19.8. The smallest absolute Gasteiger partial charge is 0.241 e. The lowest BCUT2D eigenvalue weighted by molar-refractivity contribution is -0.120.